The molecule has 4 aromatic rings. The highest BCUT2D eigenvalue weighted by Gasteiger charge is 2.18. The minimum atomic E-state index is -0.345. The van der Waals surface area contributed by atoms with Crippen molar-refractivity contribution in [3.63, 3.8) is 0 Å². The molecule has 2 amide bonds. The van der Waals surface area contributed by atoms with Crippen LogP contribution in [-0.2, 0) is 29.7 Å². The molecule has 2 heterocycles. The molecule has 0 radical (unpaired) electrons. The number of carbonyl (C=O) groups excluding carboxylic acids is 2. The molecule has 0 fully saturated rings. The number of ether oxygens (including phenoxy) is 1. The summed E-state index contributed by atoms with van der Waals surface area (Å²) in [6, 6.07) is 9.44. The maximum Gasteiger partial charge on any atom is 0.253 e. The number of aromatic nitrogens is 4. The quantitative estimate of drug-likeness (QED) is 0.429. The van der Waals surface area contributed by atoms with Crippen molar-refractivity contribution in [1.82, 2.24) is 24.4 Å². The Labute approximate surface area is 189 Å². The van der Waals surface area contributed by atoms with Gasteiger partial charge in [0.05, 0.1) is 29.5 Å². The maximum atomic E-state index is 13.3. The molecule has 0 aliphatic heterocycles. The van der Waals surface area contributed by atoms with Crippen molar-refractivity contribution >= 4 is 28.5 Å². The molecule has 0 unspecified atom stereocenters. The smallest absolute Gasteiger partial charge is 0.253 e. The zero-order valence-corrected chi connectivity index (χ0v) is 18.2. The normalized spacial score (nSPS) is 11.0. The standard InChI is InChI=1S/C23H23FN6O3/c1-29-8-7-25-20(29)11-26-23(32)18-9-17(28-21(31)13-33-2)10-19-22(18)30(14-27-19)12-15-3-5-16(24)6-4-15/h3-10,14H,11-13H2,1-2H3,(H,26,32)(H,28,31). The molecule has 0 saturated carbocycles. The van der Waals surface area contributed by atoms with Crippen LogP contribution in [0.15, 0.2) is 55.1 Å². The van der Waals surface area contributed by atoms with Gasteiger partial charge in [-0.2, -0.15) is 0 Å². The molecule has 170 valence electrons. The molecule has 4 rings (SSSR count). The van der Waals surface area contributed by atoms with E-state index in [2.05, 4.69) is 20.6 Å². The average Bonchev–Trinajstić information content (AvgIpc) is 3.39. The van der Waals surface area contributed by atoms with Gasteiger partial charge in [-0.3, -0.25) is 9.59 Å². The fourth-order valence-electron chi connectivity index (χ4n) is 3.51. The van der Waals surface area contributed by atoms with Gasteiger partial charge in [-0.15, -0.1) is 0 Å². The summed E-state index contributed by atoms with van der Waals surface area (Å²) in [6.45, 7) is 0.514. The first-order chi connectivity index (χ1) is 15.9. The van der Waals surface area contributed by atoms with Gasteiger partial charge in [-0.1, -0.05) is 12.1 Å². The summed E-state index contributed by atoms with van der Waals surface area (Å²) in [5.41, 5.74) is 2.76. The Balaban J connectivity index is 1.69. The van der Waals surface area contributed by atoms with Crippen molar-refractivity contribution in [2.24, 2.45) is 7.05 Å². The molecule has 9 nitrogen and oxygen atoms in total. The predicted molar refractivity (Wildman–Crippen MR) is 120 cm³/mol. The van der Waals surface area contributed by atoms with E-state index in [1.807, 2.05) is 16.2 Å². The number of anilines is 1. The van der Waals surface area contributed by atoms with E-state index in [9.17, 15) is 14.0 Å². The van der Waals surface area contributed by atoms with Crippen LogP contribution in [0.3, 0.4) is 0 Å². The molecule has 0 spiro atoms. The largest absolute Gasteiger partial charge is 0.375 e. The maximum absolute atomic E-state index is 13.3. The van der Waals surface area contributed by atoms with E-state index in [-0.39, 0.29) is 30.8 Å². The molecular weight excluding hydrogens is 427 g/mol. The Morgan fingerprint density at radius 3 is 2.64 bits per heavy atom. The average molecular weight is 450 g/mol. The Bertz CT molecular complexity index is 1300. The van der Waals surface area contributed by atoms with E-state index >= 15 is 0 Å². The number of nitrogens with zero attached hydrogens (tertiary/aromatic N) is 4. The van der Waals surface area contributed by atoms with Gasteiger partial charge in [-0.05, 0) is 29.8 Å². The first kappa shape index (κ1) is 22.2. The molecule has 0 bridgehead atoms. The zero-order chi connectivity index (χ0) is 23.4. The Hall–Kier alpha value is -4.05. The third-order valence-corrected chi connectivity index (χ3v) is 5.11. The van der Waals surface area contributed by atoms with E-state index in [0.717, 1.165) is 5.56 Å². The van der Waals surface area contributed by atoms with Crippen molar-refractivity contribution < 1.29 is 18.7 Å². The van der Waals surface area contributed by atoms with Gasteiger partial charge < -0.3 is 24.5 Å². The summed E-state index contributed by atoms with van der Waals surface area (Å²) in [5.74, 6) is -0.308. The zero-order valence-electron chi connectivity index (χ0n) is 18.2. The highest BCUT2D eigenvalue weighted by Crippen LogP contribution is 2.25. The van der Waals surface area contributed by atoms with Crippen molar-refractivity contribution in [2.75, 3.05) is 19.0 Å². The summed E-state index contributed by atoms with van der Waals surface area (Å²) in [4.78, 5) is 33.9. The number of benzene rings is 2. The Morgan fingerprint density at radius 1 is 1.15 bits per heavy atom. The van der Waals surface area contributed by atoms with E-state index in [4.69, 9.17) is 4.74 Å². The second-order valence-electron chi connectivity index (χ2n) is 7.51. The first-order valence-electron chi connectivity index (χ1n) is 10.2. The lowest BCUT2D eigenvalue weighted by Gasteiger charge is -2.12. The van der Waals surface area contributed by atoms with Crippen LogP contribution in [0.25, 0.3) is 11.0 Å². The van der Waals surface area contributed by atoms with E-state index in [1.54, 1.807) is 43.0 Å². The van der Waals surface area contributed by atoms with Crippen molar-refractivity contribution in [3.8, 4) is 0 Å². The number of hydrogen-bond acceptors (Lipinski definition) is 5. The van der Waals surface area contributed by atoms with Gasteiger partial charge in [0.25, 0.3) is 5.91 Å². The molecule has 0 aliphatic rings. The number of nitrogens with one attached hydrogen (secondary N) is 2. The number of hydrogen-bond donors (Lipinski definition) is 2. The van der Waals surface area contributed by atoms with Gasteiger partial charge in [0.2, 0.25) is 5.91 Å². The Kier molecular flexibility index (Phi) is 6.45. The van der Waals surface area contributed by atoms with Crippen molar-refractivity contribution in [2.45, 2.75) is 13.1 Å². The predicted octanol–water partition coefficient (Wildman–Crippen LogP) is 2.47. The fraction of sp³-hybridized carbons (Fsp3) is 0.217. The molecule has 0 atom stereocenters. The Morgan fingerprint density at radius 2 is 1.94 bits per heavy atom. The number of rotatable bonds is 8. The van der Waals surface area contributed by atoms with Gasteiger partial charge in [0.15, 0.2) is 0 Å². The molecule has 2 aromatic carbocycles. The highest BCUT2D eigenvalue weighted by atomic mass is 19.1. The lowest BCUT2D eigenvalue weighted by Crippen LogP contribution is -2.25. The molecule has 10 heteroatoms. The minimum Gasteiger partial charge on any atom is -0.375 e. The van der Waals surface area contributed by atoms with Crippen LogP contribution in [-0.4, -0.2) is 44.6 Å². The number of aryl methyl sites for hydroxylation is 1. The van der Waals surface area contributed by atoms with Crippen LogP contribution in [0, 0.1) is 5.82 Å². The van der Waals surface area contributed by atoms with Crippen LogP contribution in [0.5, 0.6) is 0 Å². The summed E-state index contributed by atoms with van der Waals surface area (Å²) >= 11 is 0. The first-order valence-corrected chi connectivity index (χ1v) is 10.2. The highest BCUT2D eigenvalue weighted by molar-refractivity contribution is 6.07. The number of imidazole rings is 2. The van der Waals surface area contributed by atoms with Crippen molar-refractivity contribution in [1.29, 1.82) is 0 Å². The van der Waals surface area contributed by atoms with Crippen LogP contribution in [0.4, 0.5) is 10.1 Å². The molecule has 2 aromatic heterocycles. The molecule has 0 aliphatic carbocycles. The molecule has 2 N–H and O–H groups in total. The van der Waals surface area contributed by atoms with Crippen LogP contribution in [0.1, 0.15) is 21.7 Å². The molecule has 33 heavy (non-hydrogen) atoms. The van der Waals surface area contributed by atoms with E-state index in [0.29, 0.717) is 34.7 Å². The number of amides is 2. The summed E-state index contributed by atoms with van der Waals surface area (Å²) in [6.07, 6.45) is 5.07. The number of methoxy groups -OCH3 is 1. The summed E-state index contributed by atoms with van der Waals surface area (Å²) in [5, 5.41) is 5.60. The third kappa shape index (κ3) is 5.07. The topological polar surface area (TPSA) is 103 Å². The summed E-state index contributed by atoms with van der Waals surface area (Å²) in [7, 11) is 3.27. The van der Waals surface area contributed by atoms with E-state index < -0.39 is 0 Å². The van der Waals surface area contributed by atoms with Crippen LogP contribution < -0.4 is 10.6 Å². The second kappa shape index (κ2) is 9.61. The number of carbonyl (C=O) groups is 2. The lowest BCUT2D eigenvalue weighted by molar-refractivity contribution is -0.119. The van der Waals surface area contributed by atoms with Crippen LogP contribution >= 0.6 is 0 Å². The SMILES string of the molecule is COCC(=O)Nc1cc(C(=O)NCc2nccn2C)c2c(c1)ncn2Cc1ccc(F)cc1. The van der Waals surface area contributed by atoms with Gasteiger partial charge in [-0.25, -0.2) is 14.4 Å². The van der Waals surface area contributed by atoms with Crippen molar-refractivity contribution in [3.05, 3.63) is 77.9 Å². The van der Waals surface area contributed by atoms with Gasteiger partial charge in [0, 0.05) is 38.8 Å². The third-order valence-electron chi connectivity index (χ3n) is 5.11. The molecule has 0 saturated heterocycles. The number of halogens is 1. The lowest BCUT2D eigenvalue weighted by atomic mass is 10.1. The second-order valence-corrected chi connectivity index (χ2v) is 7.51. The van der Waals surface area contributed by atoms with E-state index in [1.165, 1.54) is 19.2 Å². The minimum absolute atomic E-state index is 0.113. The monoisotopic (exact) mass is 450 g/mol. The van der Waals surface area contributed by atoms with Gasteiger partial charge >= 0.3 is 0 Å². The molecular formula is C23H23FN6O3. The number of fused-ring (bicyclic) bond motifs is 1. The fourth-order valence-corrected chi connectivity index (χ4v) is 3.51. The summed E-state index contributed by atoms with van der Waals surface area (Å²) < 4.78 is 21.8. The van der Waals surface area contributed by atoms with Crippen LogP contribution in [0.2, 0.25) is 0 Å². The van der Waals surface area contributed by atoms with Gasteiger partial charge in [0.1, 0.15) is 18.2 Å².